The minimum Gasteiger partial charge on any atom is -0.455 e. The fourth-order valence-corrected chi connectivity index (χ4v) is 10.8. The molecule has 0 atom stereocenters. The molecule has 0 fully saturated rings. The Hall–Kier alpha value is -7.69. The first-order valence-electron chi connectivity index (χ1n) is 21.8. The fourth-order valence-electron chi connectivity index (χ4n) is 10.8. The number of para-hydroxylation sites is 1. The summed E-state index contributed by atoms with van der Waals surface area (Å²) in [5, 5.41) is 6.85. The van der Waals surface area contributed by atoms with Gasteiger partial charge in [-0.1, -0.05) is 167 Å². The summed E-state index contributed by atoms with van der Waals surface area (Å²) in [6.07, 6.45) is 0. The number of hydrogen-bond donors (Lipinski definition) is 0. The van der Waals surface area contributed by atoms with Crippen molar-refractivity contribution < 1.29 is 4.42 Å². The topological polar surface area (TPSA) is 51.8 Å². The molecular formula is C59H41N3O. The zero-order valence-electron chi connectivity index (χ0n) is 35.5. The lowest BCUT2D eigenvalue weighted by atomic mass is 9.81. The molecule has 0 saturated heterocycles. The van der Waals surface area contributed by atoms with Gasteiger partial charge in [0, 0.05) is 43.9 Å². The highest BCUT2D eigenvalue weighted by Gasteiger charge is 2.39. The molecule has 2 aliphatic rings. The minimum atomic E-state index is -0.272. The summed E-state index contributed by atoms with van der Waals surface area (Å²) in [6.45, 7) is 9.31. The molecule has 2 aromatic heterocycles. The van der Waals surface area contributed by atoms with Gasteiger partial charge in [0.25, 0.3) is 0 Å². The van der Waals surface area contributed by atoms with Gasteiger partial charge in [-0.15, -0.1) is 0 Å². The summed E-state index contributed by atoms with van der Waals surface area (Å²) >= 11 is 0. The highest BCUT2D eigenvalue weighted by molar-refractivity contribution is 6.18. The summed E-state index contributed by atoms with van der Waals surface area (Å²) in [5.41, 5.74) is 16.6. The van der Waals surface area contributed by atoms with E-state index in [9.17, 15) is 0 Å². The standard InChI is InChI=1S/C59H41N3O/c1-58(2)47-22-11-8-19-40(47)45-30-37-27-25-35-26-28-39(31-43(35)44(37)32-49(45)58)56-60-55(38-18-14-17-36(29-38)34-15-6-5-7-16-34)61-57(62-56)46-33-50-53(41-20-9-12-23-48(41)59(50,3)4)54-52(46)42-21-10-13-24-51(42)63-54/h5-33H,1-4H3. The Morgan fingerprint density at radius 3 is 1.79 bits per heavy atom. The smallest absolute Gasteiger partial charge is 0.164 e. The van der Waals surface area contributed by atoms with Gasteiger partial charge >= 0.3 is 0 Å². The quantitative estimate of drug-likeness (QED) is 0.166. The van der Waals surface area contributed by atoms with Gasteiger partial charge in [0.2, 0.25) is 0 Å². The van der Waals surface area contributed by atoms with E-state index in [1.165, 1.54) is 60.5 Å². The van der Waals surface area contributed by atoms with Crippen LogP contribution in [0, 0.1) is 0 Å². The molecule has 0 aliphatic heterocycles. The Balaban J connectivity index is 1.07. The fraction of sp³-hybridized carbons (Fsp3) is 0.102. The first-order chi connectivity index (χ1) is 30.7. The molecule has 0 radical (unpaired) electrons. The van der Waals surface area contributed by atoms with Crippen molar-refractivity contribution in [1.29, 1.82) is 0 Å². The Bertz CT molecular complexity index is 3740. The Morgan fingerprint density at radius 1 is 0.365 bits per heavy atom. The van der Waals surface area contributed by atoms with Crippen molar-refractivity contribution in [3.05, 3.63) is 198 Å². The largest absolute Gasteiger partial charge is 0.455 e. The van der Waals surface area contributed by atoms with Crippen molar-refractivity contribution in [2.24, 2.45) is 0 Å². The average molecular weight is 808 g/mol. The van der Waals surface area contributed by atoms with Crippen LogP contribution in [0.15, 0.2) is 180 Å². The van der Waals surface area contributed by atoms with Crippen LogP contribution in [0.3, 0.4) is 0 Å². The summed E-state index contributed by atoms with van der Waals surface area (Å²) in [6, 6.07) is 63.3. The van der Waals surface area contributed by atoms with E-state index in [4.69, 9.17) is 19.4 Å². The molecule has 9 aromatic carbocycles. The monoisotopic (exact) mass is 807 g/mol. The molecule has 63 heavy (non-hydrogen) atoms. The van der Waals surface area contributed by atoms with Crippen molar-refractivity contribution in [2.75, 3.05) is 0 Å². The maximum absolute atomic E-state index is 6.89. The maximum atomic E-state index is 6.89. The van der Waals surface area contributed by atoms with E-state index in [1.807, 2.05) is 6.07 Å². The Kier molecular flexibility index (Phi) is 7.38. The predicted octanol–water partition coefficient (Wildman–Crippen LogP) is 15.4. The molecule has 0 saturated carbocycles. The second-order valence-electron chi connectivity index (χ2n) is 18.4. The normalized spacial score (nSPS) is 14.3. The lowest BCUT2D eigenvalue weighted by Crippen LogP contribution is -2.15. The molecule has 11 aromatic rings. The third-order valence-corrected chi connectivity index (χ3v) is 14.1. The number of benzene rings is 9. The van der Waals surface area contributed by atoms with Gasteiger partial charge in [-0.3, -0.25) is 0 Å². The van der Waals surface area contributed by atoms with Crippen LogP contribution < -0.4 is 0 Å². The van der Waals surface area contributed by atoms with E-state index in [2.05, 4.69) is 198 Å². The van der Waals surface area contributed by atoms with Gasteiger partial charge in [0.15, 0.2) is 17.5 Å². The third kappa shape index (κ3) is 5.18. The second-order valence-corrected chi connectivity index (χ2v) is 18.4. The SMILES string of the molecule is CC1(C)c2ccccc2-c2cc3ccc4ccc(-c5nc(-c6cccc(-c7ccccc7)c6)nc(-c6cc7c(c8oc9ccccc9c68)-c6ccccc6C7(C)C)n5)cc4c3cc21. The van der Waals surface area contributed by atoms with Gasteiger partial charge < -0.3 is 4.42 Å². The summed E-state index contributed by atoms with van der Waals surface area (Å²) in [5.74, 6) is 1.85. The first kappa shape index (κ1) is 36.0. The zero-order valence-corrected chi connectivity index (χ0v) is 35.5. The van der Waals surface area contributed by atoms with E-state index in [0.29, 0.717) is 17.5 Å². The lowest BCUT2D eigenvalue weighted by molar-refractivity contribution is 0.653. The van der Waals surface area contributed by atoms with Gasteiger partial charge in [-0.2, -0.15) is 0 Å². The van der Waals surface area contributed by atoms with E-state index < -0.39 is 0 Å². The Morgan fingerprint density at radius 2 is 0.968 bits per heavy atom. The van der Waals surface area contributed by atoms with Crippen LogP contribution in [-0.4, -0.2) is 15.0 Å². The van der Waals surface area contributed by atoms with E-state index >= 15 is 0 Å². The van der Waals surface area contributed by atoms with Crippen LogP contribution in [0.5, 0.6) is 0 Å². The zero-order chi connectivity index (χ0) is 42.2. The van der Waals surface area contributed by atoms with Crippen molar-refractivity contribution in [2.45, 2.75) is 38.5 Å². The van der Waals surface area contributed by atoms with Crippen molar-refractivity contribution in [1.82, 2.24) is 15.0 Å². The average Bonchev–Trinajstić information content (AvgIpc) is 3.90. The van der Waals surface area contributed by atoms with Crippen LogP contribution in [0.1, 0.15) is 49.9 Å². The van der Waals surface area contributed by atoms with Gasteiger partial charge in [0.05, 0.1) is 0 Å². The molecule has 0 bridgehead atoms. The van der Waals surface area contributed by atoms with Crippen molar-refractivity contribution in [3.8, 4) is 67.5 Å². The van der Waals surface area contributed by atoms with Crippen molar-refractivity contribution >= 4 is 43.5 Å². The van der Waals surface area contributed by atoms with E-state index in [-0.39, 0.29) is 10.8 Å². The molecule has 13 rings (SSSR count). The molecular weight excluding hydrogens is 767 g/mol. The molecule has 2 heterocycles. The molecule has 2 aliphatic carbocycles. The van der Waals surface area contributed by atoms with Crippen LogP contribution in [0.25, 0.3) is 111 Å². The Labute approximate surface area is 365 Å². The number of furan rings is 1. The van der Waals surface area contributed by atoms with Crippen LogP contribution in [-0.2, 0) is 10.8 Å². The van der Waals surface area contributed by atoms with Crippen LogP contribution >= 0.6 is 0 Å². The third-order valence-electron chi connectivity index (χ3n) is 14.1. The van der Waals surface area contributed by atoms with Crippen molar-refractivity contribution in [3.63, 3.8) is 0 Å². The van der Waals surface area contributed by atoms with Gasteiger partial charge in [-0.25, -0.2) is 15.0 Å². The molecule has 0 spiro atoms. The predicted molar refractivity (Wildman–Crippen MR) is 259 cm³/mol. The van der Waals surface area contributed by atoms with Gasteiger partial charge in [-0.05, 0) is 108 Å². The molecule has 0 unspecified atom stereocenters. The molecule has 4 heteroatoms. The lowest BCUT2D eigenvalue weighted by Gasteiger charge is -2.22. The van der Waals surface area contributed by atoms with E-state index in [1.54, 1.807) is 0 Å². The highest BCUT2D eigenvalue weighted by Crippen LogP contribution is 2.55. The summed E-state index contributed by atoms with van der Waals surface area (Å²) in [7, 11) is 0. The summed E-state index contributed by atoms with van der Waals surface area (Å²) in [4.78, 5) is 16.2. The van der Waals surface area contributed by atoms with Gasteiger partial charge in [0.1, 0.15) is 11.2 Å². The number of nitrogens with zero attached hydrogens (tertiary/aromatic N) is 3. The molecule has 0 N–H and O–H groups in total. The molecule has 4 nitrogen and oxygen atoms in total. The van der Waals surface area contributed by atoms with E-state index in [0.717, 1.165) is 55.3 Å². The van der Waals surface area contributed by atoms with Crippen LogP contribution in [0.2, 0.25) is 0 Å². The molecule has 0 amide bonds. The molecule has 298 valence electrons. The minimum absolute atomic E-state index is 0.111. The summed E-state index contributed by atoms with van der Waals surface area (Å²) < 4.78 is 6.89. The van der Waals surface area contributed by atoms with Crippen LogP contribution in [0.4, 0.5) is 0 Å². The number of fused-ring (bicyclic) bond motifs is 13. The maximum Gasteiger partial charge on any atom is 0.164 e. The number of rotatable bonds is 4. The number of aromatic nitrogens is 3. The second kappa shape index (κ2) is 12.9. The number of hydrogen-bond acceptors (Lipinski definition) is 4. The first-order valence-corrected chi connectivity index (χ1v) is 21.8. The highest BCUT2D eigenvalue weighted by atomic mass is 16.3.